The van der Waals surface area contributed by atoms with Gasteiger partial charge in [0.05, 0.1) is 6.61 Å². The van der Waals surface area contributed by atoms with Gasteiger partial charge in [-0.3, -0.25) is 0 Å². The maximum Gasteiger partial charge on any atom is 0.397 e. The first-order valence-corrected chi connectivity index (χ1v) is 5.43. The lowest BCUT2D eigenvalue weighted by molar-refractivity contribution is 0.0470. The molecule has 2 aromatic rings. The minimum atomic E-state index is -0.643. The number of hydrogen-bond acceptors (Lipinski definition) is 5. The fourth-order valence-corrected chi connectivity index (χ4v) is 1.39. The summed E-state index contributed by atoms with van der Waals surface area (Å²) < 4.78 is 22.2. The van der Waals surface area contributed by atoms with Crippen LogP contribution in [-0.2, 0) is 11.2 Å². The van der Waals surface area contributed by atoms with Gasteiger partial charge < -0.3 is 9.26 Å². The monoisotopic (exact) mass is 250 g/mol. The van der Waals surface area contributed by atoms with E-state index in [1.165, 1.54) is 12.1 Å². The van der Waals surface area contributed by atoms with E-state index < -0.39 is 5.97 Å². The van der Waals surface area contributed by atoms with E-state index in [9.17, 15) is 9.18 Å². The number of carbonyl (C=O) groups excluding carboxylic acids is 1. The van der Waals surface area contributed by atoms with Crippen LogP contribution >= 0.6 is 0 Å². The maximum atomic E-state index is 12.7. The lowest BCUT2D eigenvalue weighted by atomic mass is 10.1. The van der Waals surface area contributed by atoms with Crippen LogP contribution in [0, 0.1) is 5.82 Å². The molecule has 0 amide bonds. The summed E-state index contributed by atoms with van der Waals surface area (Å²) in [5, 5.41) is 3.66. The molecule has 6 heteroatoms. The number of ether oxygens (including phenoxy) is 1. The first kappa shape index (κ1) is 12.2. The highest BCUT2D eigenvalue weighted by molar-refractivity contribution is 5.83. The minimum Gasteiger partial charge on any atom is -0.459 e. The molecule has 94 valence electrons. The number of hydrogen-bond donors (Lipinski definition) is 0. The van der Waals surface area contributed by atoms with Gasteiger partial charge >= 0.3 is 11.9 Å². The van der Waals surface area contributed by atoms with E-state index in [-0.39, 0.29) is 18.3 Å². The van der Waals surface area contributed by atoms with Crippen molar-refractivity contribution in [3.63, 3.8) is 0 Å². The molecule has 0 bridgehead atoms. The van der Waals surface area contributed by atoms with Crippen molar-refractivity contribution in [3.8, 4) is 0 Å². The predicted molar refractivity (Wildman–Crippen MR) is 59.5 cm³/mol. The zero-order valence-electron chi connectivity index (χ0n) is 9.72. The third-order valence-electron chi connectivity index (χ3n) is 2.19. The summed E-state index contributed by atoms with van der Waals surface area (Å²) in [5.74, 6) is -0.770. The van der Waals surface area contributed by atoms with Crippen LogP contribution in [0.3, 0.4) is 0 Å². The van der Waals surface area contributed by atoms with Crippen molar-refractivity contribution >= 4 is 5.97 Å². The van der Waals surface area contributed by atoms with Crippen LogP contribution in [0.2, 0.25) is 0 Å². The molecule has 0 saturated carbocycles. The molecule has 0 radical (unpaired) electrons. The number of rotatable bonds is 4. The Labute approximate surface area is 103 Å². The SMILES string of the molecule is CCOC(=O)c1nc(Cc2ccc(F)cc2)no1. The minimum absolute atomic E-state index is 0.172. The highest BCUT2D eigenvalue weighted by atomic mass is 19.1. The van der Waals surface area contributed by atoms with E-state index in [0.717, 1.165) is 5.56 Å². The van der Waals surface area contributed by atoms with Crippen LogP contribution in [0.1, 0.15) is 29.0 Å². The molecule has 0 fully saturated rings. The number of benzene rings is 1. The molecular weight excluding hydrogens is 239 g/mol. The van der Waals surface area contributed by atoms with Gasteiger partial charge in [-0.05, 0) is 24.6 Å². The Hall–Kier alpha value is -2.24. The van der Waals surface area contributed by atoms with E-state index in [4.69, 9.17) is 9.26 Å². The smallest absolute Gasteiger partial charge is 0.397 e. The lowest BCUT2D eigenvalue weighted by Gasteiger charge is -1.95. The average Bonchev–Trinajstić information content (AvgIpc) is 2.81. The number of carbonyl (C=O) groups is 1. The average molecular weight is 250 g/mol. The Bertz CT molecular complexity index is 537. The van der Waals surface area contributed by atoms with Gasteiger partial charge in [0.25, 0.3) is 0 Å². The molecule has 0 N–H and O–H groups in total. The number of esters is 1. The van der Waals surface area contributed by atoms with Gasteiger partial charge in [-0.1, -0.05) is 17.3 Å². The van der Waals surface area contributed by atoms with Crippen molar-refractivity contribution in [3.05, 3.63) is 47.4 Å². The molecule has 5 nitrogen and oxygen atoms in total. The standard InChI is InChI=1S/C12H11FN2O3/c1-2-17-12(16)11-14-10(15-18-11)7-8-3-5-9(13)6-4-8/h3-6H,2,7H2,1H3. The third-order valence-corrected chi connectivity index (χ3v) is 2.19. The highest BCUT2D eigenvalue weighted by Gasteiger charge is 2.16. The fraction of sp³-hybridized carbons (Fsp3) is 0.250. The molecule has 1 aromatic carbocycles. The van der Waals surface area contributed by atoms with Crippen molar-refractivity contribution in [1.82, 2.24) is 10.1 Å². The van der Waals surface area contributed by atoms with Gasteiger partial charge in [0.1, 0.15) is 5.82 Å². The molecule has 1 heterocycles. The topological polar surface area (TPSA) is 65.2 Å². The first-order valence-electron chi connectivity index (χ1n) is 5.43. The number of halogens is 1. The zero-order chi connectivity index (χ0) is 13.0. The largest absolute Gasteiger partial charge is 0.459 e. The first-order chi connectivity index (χ1) is 8.69. The van der Waals surface area contributed by atoms with E-state index >= 15 is 0 Å². The molecule has 0 aliphatic carbocycles. The Morgan fingerprint density at radius 1 is 1.39 bits per heavy atom. The molecule has 18 heavy (non-hydrogen) atoms. The van der Waals surface area contributed by atoms with Crippen molar-refractivity contribution in [1.29, 1.82) is 0 Å². The summed E-state index contributed by atoms with van der Waals surface area (Å²) in [6.07, 6.45) is 0.364. The second-order valence-corrected chi connectivity index (χ2v) is 3.54. The van der Waals surface area contributed by atoms with E-state index in [1.54, 1.807) is 19.1 Å². The molecule has 1 aromatic heterocycles. The lowest BCUT2D eigenvalue weighted by Crippen LogP contribution is -2.05. The van der Waals surface area contributed by atoms with Crippen LogP contribution in [0.25, 0.3) is 0 Å². The van der Waals surface area contributed by atoms with Gasteiger partial charge in [-0.15, -0.1) is 0 Å². The van der Waals surface area contributed by atoms with Gasteiger partial charge in [0.15, 0.2) is 5.82 Å². The summed E-state index contributed by atoms with van der Waals surface area (Å²) in [5.41, 5.74) is 0.826. The van der Waals surface area contributed by atoms with Gasteiger partial charge in [-0.2, -0.15) is 4.98 Å². The summed E-state index contributed by atoms with van der Waals surface area (Å²) >= 11 is 0. The molecule has 0 saturated heterocycles. The molecule has 0 spiro atoms. The van der Waals surface area contributed by atoms with Crippen LogP contribution in [0.5, 0.6) is 0 Å². The summed E-state index contributed by atoms with van der Waals surface area (Å²) in [6, 6.07) is 5.94. The van der Waals surface area contributed by atoms with E-state index in [0.29, 0.717) is 12.2 Å². The summed E-state index contributed by atoms with van der Waals surface area (Å²) in [6.45, 7) is 1.93. The van der Waals surface area contributed by atoms with Crippen molar-refractivity contribution < 1.29 is 18.4 Å². The predicted octanol–water partition coefficient (Wildman–Crippen LogP) is 1.98. The highest BCUT2D eigenvalue weighted by Crippen LogP contribution is 2.08. The van der Waals surface area contributed by atoms with Crippen LogP contribution in [-0.4, -0.2) is 22.7 Å². The molecular formula is C12H11FN2O3. The van der Waals surface area contributed by atoms with Crippen molar-refractivity contribution in [2.24, 2.45) is 0 Å². The van der Waals surface area contributed by atoms with E-state index in [1.807, 2.05) is 0 Å². The van der Waals surface area contributed by atoms with Crippen LogP contribution in [0.4, 0.5) is 4.39 Å². The summed E-state index contributed by atoms with van der Waals surface area (Å²) in [7, 11) is 0. The van der Waals surface area contributed by atoms with Gasteiger partial charge in [0, 0.05) is 6.42 Å². The third kappa shape index (κ3) is 2.91. The number of aromatic nitrogens is 2. The maximum absolute atomic E-state index is 12.7. The Morgan fingerprint density at radius 2 is 2.11 bits per heavy atom. The Kier molecular flexibility index (Phi) is 3.66. The molecule has 0 atom stereocenters. The zero-order valence-corrected chi connectivity index (χ0v) is 9.72. The van der Waals surface area contributed by atoms with Crippen molar-refractivity contribution in [2.45, 2.75) is 13.3 Å². The summed E-state index contributed by atoms with van der Waals surface area (Å²) in [4.78, 5) is 15.2. The second-order valence-electron chi connectivity index (χ2n) is 3.54. The fourth-order valence-electron chi connectivity index (χ4n) is 1.39. The van der Waals surface area contributed by atoms with Gasteiger partial charge in [0.2, 0.25) is 0 Å². The molecule has 0 aliphatic rings. The van der Waals surface area contributed by atoms with Crippen LogP contribution < -0.4 is 0 Å². The normalized spacial score (nSPS) is 10.3. The Morgan fingerprint density at radius 3 is 2.78 bits per heavy atom. The molecule has 0 aliphatic heterocycles. The number of nitrogens with zero attached hydrogens (tertiary/aromatic N) is 2. The van der Waals surface area contributed by atoms with Gasteiger partial charge in [-0.25, -0.2) is 9.18 Å². The Balaban J connectivity index is 2.06. The van der Waals surface area contributed by atoms with E-state index in [2.05, 4.69) is 10.1 Å². The quantitative estimate of drug-likeness (QED) is 0.776. The molecule has 0 unspecified atom stereocenters. The second kappa shape index (κ2) is 5.39. The van der Waals surface area contributed by atoms with Crippen LogP contribution in [0.15, 0.2) is 28.8 Å². The molecule has 2 rings (SSSR count). The van der Waals surface area contributed by atoms with Crippen molar-refractivity contribution in [2.75, 3.05) is 6.61 Å².